The van der Waals surface area contributed by atoms with Crippen LogP contribution in [0.1, 0.15) is 38.4 Å². The fourth-order valence-corrected chi connectivity index (χ4v) is 1.96. The standard InChI is InChI=1S/C17H13FO7/c1-10-2-5-13(23-10)16(19)21-8-11-3-4-12(24-11)9-22-17(20)14-6-7-15(18)25-14/h2-7H,8-9H2,1H3. The second kappa shape index (κ2) is 7.08. The number of hydrogen-bond donors (Lipinski definition) is 0. The molecule has 7 nitrogen and oxygen atoms in total. The zero-order valence-electron chi connectivity index (χ0n) is 13.1. The second-order valence-corrected chi connectivity index (χ2v) is 5.03. The Labute approximate surface area is 140 Å². The molecule has 0 radical (unpaired) electrons. The van der Waals surface area contributed by atoms with Gasteiger partial charge in [-0.1, -0.05) is 0 Å². The first-order valence-corrected chi connectivity index (χ1v) is 7.25. The van der Waals surface area contributed by atoms with Crippen molar-refractivity contribution in [1.29, 1.82) is 0 Å². The molecule has 0 aromatic carbocycles. The summed E-state index contributed by atoms with van der Waals surface area (Å²) in [4.78, 5) is 23.4. The number of carbonyl (C=O) groups excluding carboxylic acids is 2. The van der Waals surface area contributed by atoms with Gasteiger partial charge in [0, 0.05) is 6.07 Å². The van der Waals surface area contributed by atoms with Gasteiger partial charge >= 0.3 is 11.9 Å². The van der Waals surface area contributed by atoms with E-state index in [2.05, 4.69) is 4.42 Å². The van der Waals surface area contributed by atoms with Crippen LogP contribution in [0.5, 0.6) is 0 Å². The summed E-state index contributed by atoms with van der Waals surface area (Å²) >= 11 is 0. The van der Waals surface area contributed by atoms with Gasteiger partial charge in [0.25, 0.3) is 6.01 Å². The fraction of sp³-hybridized carbons (Fsp3) is 0.176. The predicted octanol–water partition coefficient (Wildman–Crippen LogP) is 3.63. The highest BCUT2D eigenvalue weighted by atomic mass is 19.1. The van der Waals surface area contributed by atoms with Gasteiger partial charge in [0.05, 0.1) is 0 Å². The van der Waals surface area contributed by atoms with Crippen LogP contribution in [-0.4, -0.2) is 11.9 Å². The number of aryl methyl sites for hydroxylation is 1. The Morgan fingerprint density at radius 1 is 0.840 bits per heavy atom. The van der Waals surface area contributed by atoms with E-state index in [4.69, 9.17) is 18.3 Å². The van der Waals surface area contributed by atoms with Crippen LogP contribution < -0.4 is 0 Å². The van der Waals surface area contributed by atoms with Gasteiger partial charge in [-0.3, -0.25) is 0 Å². The molecule has 0 spiro atoms. The maximum Gasteiger partial charge on any atom is 0.374 e. The van der Waals surface area contributed by atoms with Crippen LogP contribution in [0.4, 0.5) is 4.39 Å². The Bertz CT molecular complexity index is 816. The Morgan fingerprint density at radius 2 is 1.40 bits per heavy atom. The lowest BCUT2D eigenvalue weighted by Crippen LogP contribution is -2.04. The summed E-state index contributed by atoms with van der Waals surface area (Å²) < 4.78 is 37.7. The van der Waals surface area contributed by atoms with Gasteiger partial charge in [-0.25, -0.2) is 9.59 Å². The molecule has 3 aromatic rings. The van der Waals surface area contributed by atoms with Gasteiger partial charge in [-0.2, -0.15) is 4.39 Å². The molecule has 0 bridgehead atoms. The molecule has 0 saturated heterocycles. The lowest BCUT2D eigenvalue weighted by molar-refractivity contribution is 0.0374. The zero-order chi connectivity index (χ0) is 17.8. The van der Waals surface area contributed by atoms with Crippen molar-refractivity contribution >= 4 is 11.9 Å². The maximum atomic E-state index is 12.7. The summed E-state index contributed by atoms with van der Waals surface area (Å²) in [6.07, 6.45) is 0. The van der Waals surface area contributed by atoms with E-state index in [1.807, 2.05) is 0 Å². The van der Waals surface area contributed by atoms with Crippen molar-refractivity contribution in [3.63, 3.8) is 0 Å². The molecule has 3 heterocycles. The first-order valence-electron chi connectivity index (χ1n) is 7.25. The Hall–Kier alpha value is -3.29. The largest absolute Gasteiger partial charge is 0.459 e. The van der Waals surface area contributed by atoms with Gasteiger partial charge in [0.1, 0.15) is 30.5 Å². The molecule has 0 aliphatic carbocycles. The van der Waals surface area contributed by atoms with E-state index in [-0.39, 0.29) is 24.7 Å². The SMILES string of the molecule is Cc1ccc(C(=O)OCc2ccc(COC(=O)c3ccc(F)o3)o2)o1. The number of furan rings is 3. The van der Waals surface area contributed by atoms with E-state index in [0.717, 1.165) is 6.07 Å². The van der Waals surface area contributed by atoms with E-state index in [1.54, 1.807) is 25.1 Å². The van der Waals surface area contributed by atoms with Crippen molar-refractivity contribution in [2.75, 3.05) is 0 Å². The topological polar surface area (TPSA) is 92.0 Å². The second-order valence-electron chi connectivity index (χ2n) is 5.03. The Morgan fingerprint density at radius 3 is 1.88 bits per heavy atom. The van der Waals surface area contributed by atoms with Gasteiger partial charge < -0.3 is 22.7 Å². The van der Waals surface area contributed by atoms with Crippen molar-refractivity contribution in [1.82, 2.24) is 0 Å². The molecule has 0 N–H and O–H groups in total. The highest BCUT2D eigenvalue weighted by Crippen LogP contribution is 2.14. The number of halogens is 1. The van der Waals surface area contributed by atoms with Crippen molar-refractivity contribution in [3.8, 4) is 0 Å². The van der Waals surface area contributed by atoms with Crippen LogP contribution in [0, 0.1) is 12.9 Å². The van der Waals surface area contributed by atoms with E-state index >= 15 is 0 Å². The van der Waals surface area contributed by atoms with Crippen molar-refractivity contribution in [3.05, 3.63) is 71.2 Å². The number of hydrogen-bond acceptors (Lipinski definition) is 7. The molecule has 3 rings (SSSR count). The van der Waals surface area contributed by atoms with Crippen LogP contribution in [0.25, 0.3) is 0 Å². The fourth-order valence-electron chi connectivity index (χ4n) is 1.96. The van der Waals surface area contributed by atoms with E-state index in [9.17, 15) is 14.0 Å². The highest BCUT2D eigenvalue weighted by Gasteiger charge is 2.15. The van der Waals surface area contributed by atoms with Crippen molar-refractivity contribution < 1.29 is 36.7 Å². The van der Waals surface area contributed by atoms with E-state index in [1.165, 1.54) is 12.1 Å². The predicted molar refractivity (Wildman–Crippen MR) is 79.1 cm³/mol. The molecule has 25 heavy (non-hydrogen) atoms. The summed E-state index contributed by atoms with van der Waals surface area (Å²) in [6.45, 7) is 1.44. The quantitative estimate of drug-likeness (QED) is 0.628. The number of esters is 2. The average Bonchev–Trinajstić information content (AvgIpc) is 3.31. The van der Waals surface area contributed by atoms with Crippen LogP contribution in [0.15, 0.2) is 49.6 Å². The molecule has 0 unspecified atom stereocenters. The highest BCUT2D eigenvalue weighted by molar-refractivity contribution is 5.86. The van der Waals surface area contributed by atoms with Crippen LogP contribution >= 0.6 is 0 Å². The lowest BCUT2D eigenvalue weighted by Gasteiger charge is -2.01. The van der Waals surface area contributed by atoms with Crippen molar-refractivity contribution in [2.24, 2.45) is 0 Å². The maximum absolute atomic E-state index is 12.7. The van der Waals surface area contributed by atoms with Gasteiger partial charge in [0.2, 0.25) is 11.5 Å². The van der Waals surface area contributed by atoms with Gasteiger partial charge in [-0.15, -0.1) is 0 Å². The third-order valence-corrected chi connectivity index (χ3v) is 3.12. The van der Waals surface area contributed by atoms with Crippen LogP contribution in [-0.2, 0) is 22.7 Å². The third-order valence-electron chi connectivity index (χ3n) is 3.12. The number of carbonyl (C=O) groups is 2. The summed E-state index contributed by atoms with van der Waals surface area (Å²) in [5.74, 6) is -0.271. The lowest BCUT2D eigenvalue weighted by atomic mass is 10.4. The van der Waals surface area contributed by atoms with Gasteiger partial charge in [0.15, 0.2) is 0 Å². The smallest absolute Gasteiger partial charge is 0.374 e. The summed E-state index contributed by atoms with van der Waals surface area (Å²) in [5, 5.41) is 0. The van der Waals surface area contributed by atoms with Gasteiger partial charge in [-0.05, 0) is 37.3 Å². The van der Waals surface area contributed by atoms with Crippen molar-refractivity contribution in [2.45, 2.75) is 20.1 Å². The van der Waals surface area contributed by atoms with E-state index < -0.39 is 18.0 Å². The molecule has 0 aliphatic heterocycles. The first-order chi connectivity index (χ1) is 12.0. The molecule has 0 aliphatic rings. The monoisotopic (exact) mass is 348 g/mol. The minimum atomic E-state index is -0.874. The average molecular weight is 348 g/mol. The number of ether oxygens (including phenoxy) is 2. The molecule has 3 aromatic heterocycles. The van der Waals surface area contributed by atoms with Crippen LogP contribution in [0.3, 0.4) is 0 Å². The zero-order valence-corrected chi connectivity index (χ0v) is 13.1. The molecule has 8 heteroatoms. The normalized spacial score (nSPS) is 10.6. The molecule has 0 saturated carbocycles. The Kier molecular flexibility index (Phi) is 4.69. The summed E-state index contributed by atoms with van der Waals surface area (Å²) in [5.41, 5.74) is 0. The number of rotatable bonds is 6. The minimum Gasteiger partial charge on any atom is -0.459 e. The minimum absolute atomic E-state index is 0.101. The molecule has 0 fully saturated rings. The third kappa shape index (κ3) is 4.17. The molecule has 130 valence electrons. The summed E-state index contributed by atoms with van der Waals surface area (Å²) in [6, 6.07) is 7.62. The molecule has 0 atom stereocenters. The molecule has 0 amide bonds. The van der Waals surface area contributed by atoms with E-state index in [0.29, 0.717) is 17.3 Å². The summed E-state index contributed by atoms with van der Waals surface area (Å²) in [7, 11) is 0. The molecular weight excluding hydrogens is 335 g/mol. The first kappa shape index (κ1) is 16.6. The molecular formula is C17H13FO7. The van der Waals surface area contributed by atoms with Crippen LogP contribution in [0.2, 0.25) is 0 Å². The Balaban J connectivity index is 1.49.